The summed E-state index contributed by atoms with van der Waals surface area (Å²) in [6, 6.07) is 7.59. The summed E-state index contributed by atoms with van der Waals surface area (Å²) in [6.07, 6.45) is 2.26. The van der Waals surface area contributed by atoms with Crippen LogP contribution in [0.2, 0.25) is 0 Å². The zero-order valence-electron chi connectivity index (χ0n) is 9.10. The number of anilines is 3. The van der Waals surface area contributed by atoms with Crippen LogP contribution in [0.4, 0.5) is 17.2 Å². The van der Waals surface area contributed by atoms with E-state index >= 15 is 0 Å². The minimum absolute atomic E-state index is 0.476. The lowest BCUT2D eigenvalue weighted by Crippen LogP contribution is -2.03. The molecule has 1 aromatic heterocycles. The van der Waals surface area contributed by atoms with Gasteiger partial charge in [-0.15, -0.1) is 0 Å². The Kier molecular flexibility index (Phi) is 3.25. The number of aromatic amines is 1. The molecule has 17 heavy (non-hydrogen) atoms. The summed E-state index contributed by atoms with van der Waals surface area (Å²) in [5.74, 6) is 0.476. The van der Waals surface area contributed by atoms with Crippen LogP contribution >= 0.6 is 0 Å². The van der Waals surface area contributed by atoms with Crippen molar-refractivity contribution >= 4 is 23.6 Å². The quantitative estimate of drug-likeness (QED) is 0.459. The van der Waals surface area contributed by atoms with Gasteiger partial charge in [-0.1, -0.05) is 12.1 Å². The van der Waals surface area contributed by atoms with E-state index in [0.717, 1.165) is 16.9 Å². The maximum Gasteiger partial charge on any atom is 0.212 e. The van der Waals surface area contributed by atoms with Crippen LogP contribution in [0.5, 0.6) is 0 Å². The minimum atomic E-state index is 0.476. The lowest BCUT2D eigenvalue weighted by molar-refractivity contribution is -0.105. The SMILES string of the molecule is Nc1cccc(CNc2c[nH]nc2NC=O)c1. The second-order valence-electron chi connectivity index (χ2n) is 3.51. The Bertz CT molecular complexity index is 508. The third kappa shape index (κ3) is 2.75. The number of rotatable bonds is 5. The second-order valence-corrected chi connectivity index (χ2v) is 3.51. The zero-order valence-corrected chi connectivity index (χ0v) is 9.10. The number of aromatic nitrogens is 2. The molecule has 6 nitrogen and oxygen atoms in total. The lowest BCUT2D eigenvalue weighted by Gasteiger charge is -2.06. The first-order valence-electron chi connectivity index (χ1n) is 5.12. The predicted octanol–water partition coefficient (Wildman–Crippen LogP) is 1.17. The smallest absolute Gasteiger partial charge is 0.212 e. The summed E-state index contributed by atoms with van der Waals surface area (Å²) >= 11 is 0. The maximum absolute atomic E-state index is 10.3. The molecule has 1 heterocycles. The molecule has 0 aliphatic heterocycles. The molecule has 0 saturated heterocycles. The summed E-state index contributed by atoms with van der Waals surface area (Å²) in [4.78, 5) is 10.3. The van der Waals surface area contributed by atoms with Gasteiger partial charge in [0.1, 0.15) is 0 Å². The maximum atomic E-state index is 10.3. The van der Waals surface area contributed by atoms with Crippen molar-refractivity contribution in [1.82, 2.24) is 10.2 Å². The fourth-order valence-electron chi connectivity index (χ4n) is 1.49. The fraction of sp³-hybridized carbons (Fsp3) is 0.0909. The zero-order chi connectivity index (χ0) is 12.1. The van der Waals surface area contributed by atoms with Gasteiger partial charge in [0.2, 0.25) is 6.41 Å². The molecule has 0 radical (unpaired) electrons. The Hall–Kier alpha value is -2.50. The summed E-state index contributed by atoms with van der Waals surface area (Å²) < 4.78 is 0. The summed E-state index contributed by atoms with van der Waals surface area (Å²) in [5, 5.41) is 12.2. The van der Waals surface area contributed by atoms with E-state index in [2.05, 4.69) is 20.8 Å². The van der Waals surface area contributed by atoms with Crippen molar-refractivity contribution < 1.29 is 4.79 Å². The van der Waals surface area contributed by atoms with E-state index in [1.54, 1.807) is 6.20 Å². The van der Waals surface area contributed by atoms with Gasteiger partial charge in [-0.3, -0.25) is 9.89 Å². The Labute approximate surface area is 98.2 Å². The summed E-state index contributed by atoms with van der Waals surface area (Å²) in [5.41, 5.74) is 8.20. The molecule has 5 N–H and O–H groups in total. The van der Waals surface area contributed by atoms with E-state index in [4.69, 9.17) is 5.73 Å². The van der Waals surface area contributed by atoms with E-state index in [-0.39, 0.29) is 0 Å². The monoisotopic (exact) mass is 231 g/mol. The molecular formula is C11H13N5O. The number of carbonyl (C=O) groups is 1. The molecule has 1 aromatic carbocycles. The van der Waals surface area contributed by atoms with Crippen LogP contribution in [0, 0.1) is 0 Å². The number of hydrogen-bond donors (Lipinski definition) is 4. The van der Waals surface area contributed by atoms with Crippen molar-refractivity contribution in [2.75, 3.05) is 16.4 Å². The average molecular weight is 231 g/mol. The fourth-order valence-corrected chi connectivity index (χ4v) is 1.49. The molecule has 0 bridgehead atoms. The summed E-state index contributed by atoms with van der Waals surface area (Å²) in [7, 11) is 0. The van der Waals surface area contributed by atoms with Crippen molar-refractivity contribution in [2.24, 2.45) is 0 Å². The van der Waals surface area contributed by atoms with Gasteiger partial charge in [-0.25, -0.2) is 0 Å². The minimum Gasteiger partial charge on any atom is -0.399 e. The molecule has 0 saturated carbocycles. The number of hydrogen-bond acceptors (Lipinski definition) is 4. The first-order valence-corrected chi connectivity index (χ1v) is 5.12. The largest absolute Gasteiger partial charge is 0.399 e. The highest BCUT2D eigenvalue weighted by atomic mass is 16.1. The number of nitrogens with zero attached hydrogens (tertiary/aromatic N) is 1. The Balaban J connectivity index is 2.02. The standard InChI is InChI=1S/C11H13N5O/c12-9-3-1-2-8(4-9)5-13-10-6-15-16-11(10)14-7-17/h1-4,6-7,13H,5,12H2,(H2,14,15,16,17). The average Bonchev–Trinajstić information content (AvgIpc) is 2.75. The van der Waals surface area contributed by atoms with E-state index in [0.29, 0.717) is 18.8 Å². The number of nitrogen functional groups attached to an aromatic ring is 1. The highest BCUT2D eigenvalue weighted by Crippen LogP contribution is 2.18. The van der Waals surface area contributed by atoms with Crippen LogP contribution in [0.15, 0.2) is 30.5 Å². The van der Waals surface area contributed by atoms with Crippen LogP contribution in [0.3, 0.4) is 0 Å². The third-order valence-electron chi connectivity index (χ3n) is 2.27. The molecule has 0 spiro atoms. The first-order chi connectivity index (χ1) is 8.29. The molecule has 0 fully saturated rings. The molecule has 6 heteroatoms. The Morgan fingerprint density at radius 1 is 1.47 bits per heavy atom. The number of H-pyrrole nitrogens is 1. The Morgan fingerprint density at radius 2 is 2.35 bits per heavy atom. The van der Waals surface area contributed by atoms with Crippen molar-refractivity contribution in [3.05, 3.63) is 36.0 Å². The molecule has 0 unspecified atom stereocenters. The van der Waals surface area contributed by atoms with Gasteiger partial charge in [-0.2, -0.15) is 5.10 Å². The van der Waals surface area contributed by atoms with Crippen molar-refractivity contribution in [3.63, 3.8) is 0 Å². The normalized spacial score (nSPS) is 9.88. The molecule has 2 aromatic rings. The number of benzene rings is 1. The highest BCUT2D eigenvalue weighted by molar-refractivity contribution is 5.77. The van der Waals surface area contributed by atoms with Crippen LogP contribution in [0.25, 0.3) is 0 Å². The van der Waals surface area contributed by atoms with Gasteiger partial charge in [0.25, 0.3) is 0 Å². The molecule has 88 valence electrons. The van der Waals surface area contributed by atoms with E-state index in [9.17, 15) is 4.79 Å². The molecule has 0 aliphatic carbocycles. The molecule has 0 aliphatic rings. The Morgan fingerprint density at radius 3 is 3.12 bits per heavy atom. The van der Waals surface area contributed by atoms with Crippen LogP contribution in [-0.4, -0.2) is 16.6 Å². The number of nitrogens with two attached hydrogens (primary N) is 1. The van der Waals surface area contributed by atoms with Gasteiger partial charge in [0, 0.05) is 18.4 Å². The van der Waals surface area contributed by atoms with Gasteiger partial charge >= 0.3 is 0 Å². The van der Waals surface area contributed by atoms with E-state index < -0.39 is 0 Å². The van der Waals surface area contributed by atoms with Gasteiger partial charge < -0.3 is 16.4 Å². The molecule has 1 amide bonds. The van der Waals surface area contributed by atoms with Crippen LogP contribution in [0.1, 0.15) is 5.56 Å². The van der Waals surface area contributed by atoms with Crippen LogP contribution < -0.4 is 16.4 Å². The summed E-state index contributed by atoms with van der Waals surface area (Å²) in [6.45, 7) is 0.609. The number of nitrogens with one attached hydrogen (secondary N) is 3. The lowest BCUT2D eigenvalue weighted by atomic mass is 10.2. The molecule has 0 atom stereocenters. The molecular weight excluding hydrogens is 218 g/mol. The van der Waals surface area contributed by atoms with Gasteiger partial charge in [-0.05, 0) is 17.7 Å². The van der Waals surface area contributed by atoms with E-state index in [1.165, 1.54) is 0 Å². The number of amides is 1. The van der Waals surface area contributed by atoms with Gasteiger partial charge in [0.15, 0.2) is 5.82 Å². The third-order valence-corrected chi connectivity index (χ3v) is 2.27. The van der Waals surface area contributed by atoms with Crippen LogP contribution in [-0.2, 0) is 11.3 Å². The highest BCUT2D eigenvalue weighted by Gasteiger charge is 2.03. The van der Waals surface area contributed by atoms with Gasteiger partial charge in [0.05, 0.1) is 5.69 Å². The predicted molar refractivity (Wildman–Crippen MR) is 66.5 cm³/mol. The van der Waals surface area contributed by atoms with E-state index in [1.807, 2.05) is 24.3 Å². The second kappa shape index (κ2) is 5.02. The molecule has 2 rings (SSSR count). The van der Waals surface area contributed by atoms with Crippen molar-refractivity contribution in [2.45, 2.75) is 6.54 Å². The number of carbonyl (C=O) groups excluding carboxylic acids is 1. The first kappa shape index (κ1) is 11.0. The van der Waals surface area contributed by atoms with Crippen molar-refractivity contribution in [3.8, 4) is 0 Å². The topological polar surface area (TPSA) is 95.8 Å². The van der Waals surface area contributed by atoms with Crippen molar-refractivity contribution in [1.29, 1.82) is 0 Å².